The van der Waals surface area contributed by atoms with Crippen LogP contribution in [0.2, 0.25) is 0 Å². The maximum Gasteiger partial charge on any atom is 0.472 e. The quantitative estimate of drug-likeness (QED) is 0.0222. The van der Waals surface area contributed by atoms with Crippen molar-refractivity contribution in [2.75, 3.05) is 39.6 Å². The fourth-order valence-corrected chi connectivity index (χ4v) is 13.0. The van der Waals surface area contributed by atoms with Gasteiger partial charge in [0.2, 0.25) is 0 Å². The average molecular weight is 1400 g/mol. The average Bonchev–Trinajstić information content (AvgIpc) is 1.24. The third kappa shape index (κ3) is 66.4. The van der Waals surface area contributed by atoms with Gasteiger partial charge in [0.15, 0.2) is 12.2 Å². The molecule has 0 aliphatic heterocycles. The second-order valence-corrected chi connectivity index (χ2v) is 31.5. The Morgan fingerprint density at radius 1 is 0.295 bits per heavy atom. The number of phosphoric acid groups is 2. The molecule has 3 N–H and O–H groups in total. The van der Waals surface area contributed by atoms with Crippen molar-refractivity contribution in [2.24, 2.45) is 23.7 Å². The van der Waals surface area contributed by atoms with Crippen LogP contribution in [-0.2, 0) is 65.4 Å². The van der Waals surface area contributed by atoms with Crippen LogP contribution in [0.25, 0.3) is 0 Å². The molecule has 0 saturated carbocycles. The number of ether oxygens (including phenoxy) is 4. The Morgan fingerprint density at radius 3 is 0.747 bits per heavy atom. The predicted molar refractivity (Wildman–Crippen MR) is 386 cm³/mol. The molecule has 0 aromatic heterocycles. The summed E-state index contributed by atoms with van der Waals surface area (Å²) in [4.78, 5) is 72.8. The minimum Gasteiger partial charge on any atom is -0.462 e. The van der Waals surface area contributed by atoms with Crippen LogP contribution in [-0.4, -0.2) is 96.7 Å². The van der Waals surface area contributed by atoms with Crippen molar-refractivity contribution in [3.05, 3.63) is 0 Å². The van der Waals surface area contributed by atoms with Crippen molar-refractivity contribution < 1.29 is 80.2 Å². The minimum absolute atomic E-state index is 0.105. The number of carbonyl (C=O) groups is 4. The number of aliphatic hydroxyl groups excluding tert-OH is 1. The molecule has 0 aromatic rings. The number of hydrogen-bond acceptors (Lipinski definition) is 15. The van der Waals surface area contributed by atoms with Crippen molar-refractivity contribution in [1.29, 1.82) is 0 Å². The molecule has 0 amide bonds. The van der Waals surface area contributed by atoms with Crippen molar-refractivity contribution in [3.63, 3.8) is 0 Å². The highest BCUT2D eigenvalue weighted by Gasteiger charge is 2.30. The number of carbonyl (C=O) groups excluding carboxylic acids is 4. The SMILES string of the molecule is CCC(C)CCCCCCCCCCCCCCCCC(=O)O[C@H](COC(=O)CCCCCCCCC(C)CC)COP(=O)(O)OC[C@H](O)COP(=O)(O)OC[C@@H](COC(=O)CCCCCCCCCCCCCCC(C)C)OC(=O)CCCCCCCCCCC(C)CC. The van der Waals surface area contributed by atoms with Crippen LogP contribution in [0.3, 0.4) is 0 Å². The Morgan fingerprint density at radius 2 is 0.505 bits per heavy atom. The van der Waals surface area contributed by atoms with Gasteiger partial charge in [0.05, 0.1) is 26.4 Å². The Bertz CT molecular complexity index is 1870. The summed E-state index contributed by atoms with van der Waals surface area (Å²) in [6.45, 7) is 14.2. The van der Waals surface area contributed by atoms with Crippen LogP contribution in [0.5, 0.6) is 0 Å². The molecular formula is C76H148O17P2. The molecule has 0 aromatic carbocycles. The van der Waals surface area contributed by atoms with Gasteiger partial charge in [-0.15, -0.1) is 0 Å². The molecule has 0 bridgehead atoms. The fraction of sp³-hybridized carbons (Fsp3) is 0.947. The van der Waals surface area contributed by atoms with Gasteiger partial charge in [-0.25, -0.2) is 9.13 Å². The number of esters is 4. The monoisotopic (exact) mass is 1400 g/mol. The summed E-state index contributed by atoms with van der Waals surface area (Å²) in [5, 5.41) is 10.6. The van der Waals surface area contributed by atoms with E-state index in [0.717, 1.165) is 120 Å². The molecule has 0 saturated heterocycles. The summed E-state index contributed by atoms with van der Waals surface area (Å²) >= 11 is 0. The highest BCUT2D eigenvalue weighted by Crippen LogP contribution is 2.45. The van der Waals surface area contributed by atoms with Gasteiger partial charge in [0.25, 0.3) is 0 Å². The molecule has 0 heterocycles. The van der Waals surface area contributed by atoms with Gasteiger partial charge in [0.1, 0.15) is 19.3 Å². The van der Waals surface area contributed by atoms with Gasteiger partial charge in [-0.1, -0.05) is 331 Å². The highest BCUT2D eigenvalue weighted by molar-refractivity contribution is 7.47. The van der Waals surface area contributed by atoms with Crippen molar-refractivity contribution in [3.8, 4) is 0 Å². The molecule has 0 aliphatic carbocycles. The van der Waals surface area contributed by atoms with Crippen molar-refractivity contribution >= 4 is 39.5 Å². The van der Waals surface area contributed by atoms with Crippen LogP contribution in [0, 0.1) is 23.7 Å². The minimum atomic E-state index is -4.96. The summed E-state index contributed by atoms with van der Waals surface area (Å²) in [6.07, 6.45) is 49.8. The maximum atomic E-state index is 13.1. The number of phosphoric ester groups is 2. The molecule has 19 heteroatoms. The largest absolute Gasteiger partial charge is 0.472 e. The molecule has 0 spiro atoms. The number of hydrogen-bond donors (Lipinski definition) is 3. The Balaban J connectivity index is 5.24. The lowest BCUT2D eigenvalue weighted by atomic mass is 9.99. The summed E-state index contributed by atoms with van der Waals surface area (Å²) < 4.78 is 68.5. The first kappa shape index (κ1) is 93.1. The Labute approximate surface area is 581 Å². The summed E-state index contributed by atoms with van der Waals surface area (Å²) in [5.41, 5.74) is 0. The zero-order chi connectivity index (χ0) is 70.3. The molecule has 0 radical (unpaired) electrons. The van der Waals surface area contributed by atoms with Crippen LogP contribution in [0.15, 0.2) is 0 Å². The molecule has 8 atom stereocenters. The van der Waals surface area contributed by atoms with Gasteiger partial charge in [-0.2, -0.15) is 0 Å². The Hall–Kier alpha value is -1.94. The molecular weight excluding hydrogens is 1250 g/mol. The maximum absolute atomic E-state index is 13.1. The zero-order valence-corrected chi connectivity index (χ0v) is 64.1. The van der Waals surface area contributed by atoms with E-state index in [2.05, 4.69) is 55.4 Å². The lowest BCUT2D eigenvalue weighted by molar-refractivity contribution is -0.161. The second-order valence-electron chi connectivity index (χ2n) is 28.6. The smallest absolute Gasteiger partial charge is 0.462 e. The first-order chi connectivity index (χ1) is 45.7. The molecule has 0 fully saturated rings. The molecule has 0 rings (SSSR count). The van der Waals surface area contributed by atoms with Gasteiger partial charge >= 0.3 is 39.5 Å². The van der Waals surface area contributed by atoms with E-state index in [4.69, 9.17) is 37.0 Å². The summed E-state index contributed by atoms with van der Waals surface area (Å²) in [6, 6.07) is 0. The van der Waals surface area contributed by atoms with E-state index in [0.29, 0.717) is 25.7 Å². The lowest BCUT2D eigenvalue weighted by Gasteiger charge is -2.21. The van der Waals surface area contributed by atoms with Gasteiger partial charge in [0, 0.05) is 25.7 Å². The van der Waals surface area contributed by atoms with Gasteiger partial charge in [-0.3, -0.25) is 37.3 Å². The van der Waals surface area contributed by atoms with Crippen LogP contribution in [0.4, 0.5) is 0 Å². The highest BCUT2D eigenvalue weighted by atomic mass is 31.2. The lowest BCUT2D eigenvalue weighted by Crippen LogP contribution is -2.30. The predicted octanol–water partition coefficient (Wildman–Crippen LogP) is 22.0. The van der Waals surface area contributed by atoms with E-state index >= 15 is 0 Å². The van der Waals surface area contributed by atoms with Crippen molar-refractivity contribution in [2.45, 2.75) is 401 Å². The molecule has 95 heavy (non-hydrogen) atoms. The molecule has 0 aliphatic rings. The van der Waals surface area contributed by atoms with E-state index in [1.54, 1.807) is 0 Å². The van der Waals surface area contributed by atoms with Crippen LogP contribution in [0.1, 0.15) is 383 Å². The normalized spacial score (nSPS) is 15.0. The van der Waals surface area contributed by atoms with E-state index in [1.807, 2.05) is 0 Å². The van der Waals surface area contributed by atoms with Gasteiger partial charge in [-0.05, 0) is 49.4 Å². The Kier molecular flexibility index (Phi) is 64.0. The third-order valence-electron chi connectivity index (χ3n) is 18.7. The topological polar surface area (TPSA) is 237 Å². The van der Waals surface area contributed by atoms with E-state index in [9.17, 15) is 43.2 Å². The number of unbranched alkanes of at least 4 members (excludes halogenated alkanes) is 36. The molecule has 564 valence electrons. The molecule has 5 unspecified atom stereocenters. The second kappa shape index (κ2) is 65.4. The first-order valence-corrected chi connectivity index (χ1v) is 42.3. The number of aliphatic hydroxyl groups is 1. The standard InChI is InChI=1S/C76H148O17P2/c1-9-67(6)53-45-37-29-23-19-14-12-13-15-21-25-32-42-50-58-75(80)92-72(63-87-74(79)57-49-41-35-34-39-47-55-69(8)11-3)65-91-95(84,85)89-61-70(77)60-88-94(82,83)90-64-71(93-76(81)59-51-43-33-27-26-30-38-46-54-68(7)10-2)62-86-73(78)56-48-40-31-24-20-17-16-18-22-28-36-44-52-66(4)5/h66-72,77H,9-65H2,1-8H3,(H,82,83)(H,84,85)/t67?,68?,69?,70-,71-,72-/m1/s1. The summed E-state index contributed by atoms with van der Waals surface area (Å²) in [7, 11) is -9.91. The van der Waals surface area contributed by atoms with Crippen LogP contribution >= 0.6 is 15.6 Å². The summed E-state index contributed by atoms with van der Waals surface area (Å²) in [5.74, 6) is 1.01. The van der Waals surface area contributed by atoms with Crippen LogP contribution < -0.4 is 0 Å². The molecule has 17 nitrogen and oxygen atoms in total. The van der Waals surface area contributed by atoms with Gasteiger partial charge < -0.3 is 33.8 Å². The van der Waals surface area contributed by atoms with E-state index in [1.165, 1.54) is 180 Å². The third-order valence-corrected chi connectivity index (χ3v) is 20.6. The fourth-order valence-electron chi connectivity index (χ4n) is 11.5. The first-order valence-electron chi connectivity index (χ1n) is 39.3. The van der Waals surface area contributed by atoms with E-state index in [-0.39, 0.29) is 25.7 Å². The van der Waals surface area contributed by atoms with Crippen molar-refractivity contribution in [1.82, 2.24) is 0 Å². The van der Waals surface area contributed by atoms with E-state index < -0.39 is 97.5 Å². The number of rotatable bonds is 73. The zero-order valence-electron chi connectivity index (χ0n) is 62.3.